The number of anilines is 1. The Bertz CT molecular complexity index is 478. The van der Waals surface area contributed by atoms with Crippen molar-refractivity contribution in [3.05, 3.63) is 30.7 Å². The van der Waals surface area contributed by atoms with Crippen LogP contribution in [0.5, 0.6) is 5.88 Å². The van der Waals surface area contributed by atoms with Gasteiger partial charge in [0.15, 0.2) is 0 Å². The number of aromatic nitrogens is 3. The molecule has 2 N–H and O–H groups in total. The van der Waals surface area contributed by atoms with E-state index in [-0.39, 0.29) is 0 Å². The van der Waals surface area contributed by atoms with Gasteiger partial charge in [-0.25, -0.2) is 9.97 Å². The zero-order chi connectivity index (χ0) is 11.4. The van der Waals surface area contributed by atoms with Crippen molar-refractivity contribution in [2.45, 2.75) is 10.1 Å². The molecule has 6 heteroatoms. The van der Waals surface area contributed by atoms with Crippen LogP contribution in [0.25, 0.3) is 0 Å². The molecule has 2 heterocycles. The monoisotopic (exact) mass is 234 g/mol. The summed E-state index contributed by atoms with van der Waals surface area (Å²) < 4.78 is 5.01. The molecule has 82 valence electrons. The van der Waals surface area contributed by atoms with Gasteiger partial charge in [0, 0.05) is 6.20 Å². The Morgan fingerprint density at radius 2 is 2.12 bits per heavy atom. The first-order valence-electron chi connectivity index (χ1n) is 4.54. The maximum absolute atomic E-state index is 5.84. The van der Waals surface area contributed by atoms with E-state index in [0.29, 0.717) is 16.6 Å². The third kappa shape index (κ3) is 2.22. The molecule has 0 aliphatic carbocycles. The number of hydrogen-bond donors (Lipinski definition) is 1. The first kappa shape index (κ1) is 10.7. The molecule has 0 bridgehead atoms. The summed E-state index contributed by atoms with van der Waals surface area (Å²) >= 11 is 1.38. The van der Waals surface area contributed by atoms with Gasteiger partial charge in [0.25, 0.3) is 0 Å². The highest BCUT2D eigenvalue weighted by Crippen LogP contribution is 2.32. The fraction of sp³-hybridized carbons (Fsp3) is 0.100. The average Bonchev–Trinajstić information content (AvgIpc) is 2.33. The van der Waals surface area contributed by atoms with Gasteiger partial charge in [-0.2, -0.15) is 4.98 Å². The lowest BCUT2D eigenvalue weighted by atomic mass is 10.5. The molecule has 16 heavy (non-hydrogen) atoms. The van der Waals surface area contributed by atoms with Crippen molar-refractivity contribution in [3.63, 3.8) is 0 Å². The summed E-state index contributed by atoms with van der Waals surface area (Å²) in [7, 11) is 1.52. The lowest BCUT2D eigenvalue weighted by molar-refractivity contribution is 0.397. The fourth-order valence-electron chi connectivity index (χ4n) is 1.11. The minimum Gasteiger partial charge on any atom is -0.479 e. The molecule has 5 nitrogen and oxygen atoms in total. The Balaban J connectivity index is 2.28. The molecule has 0 unspecified atom stereocenters. The topological polar surface area (TPSA) is 73.9 Å². The molecule has 2 aromatic heterocycles. The van der Waals surface area contributed by atoms with Crippen molar-refractivity contribution in [1.82, 2.24) is 15.0 Å². The molecule has 2 rings (SSSR count). The number of hydrogen-bond acceptors (Lipinski definition) is 6. The number of nitrogen functional groups attached to an aromatic ring is 1. The summed E-state index contributed by atoms with van der Waals surface area (Å²) in [5, 5.41) is 1.47. The van der Waals surface area contributed by atoms with Crippen LogP contribution in [0, 0.1) is 0 Å². The highest BCUT2D eigenvalue weighted by Gasteiger charge is 2.09. The standard InChI is InChI=1S/C10H10N4OS/c1-15-9-8(11)10(14-6-13-9)16-7-4-2-3-5-12-7/h2-6H,11H2,1H3. The van der Waals surface area contributed by atoms with E-state index < -0.39 is 0 Å². The van der Waals surface area contributed by atoms with E-state index in [1.807, 2.05) is 18.2 Å². The third-order valence-corrected chi connectivity index (χ3v) is 2.81. The molecule has 0 aliphatic heterocycles. The largest absolute Gasteiger partial charge is 0.479 e. The first-order chi connectivity index (χ1) is 7.81. The van der Waals surface area contributed by atoms with Crippen LogP contribution in [0.15, 0.2) is 40.8 Å². The number of rotatable bonds is 3. The lowest BCUT2D eigenvalue weighted by Crippen LogP contribution is -1.99. The smallest absolute Gasteiger partial charge is 0.241 e. The normalized spacial score (nSPS) is 10.1. The van der Waals surface area contributed by atoms with Crippen LogP contribution in [0.4, 0.5) is 5.69 Å². The SMILES string of the molecule is COc1ncnc(Sc2ccccn2)c1N. The van der Waals surface area contributed by atoms with E-state index in [1.165, 1.54) is 25.2 Å². The Hall–Kier alpha value is -1.82. The van der Waals surface area contributed by atoms with Crippen LogP contribution in [-0.4, -0.2) is 22.1 Å². The maximum Gasteiger partial charge on any atom is 0.241 e. The molecule has 0 aliphatic rings. The third-order valence-electron chi connectivity index (χ3n) is 1.84. The van der Waals surface area contributed by atoms with Gasteiger partial charge in [0.1, 0.15) is 22.1 Å². The Morgan fingerprint density at radius 3 is 2.81 bits per heavy atom. The molecule has 0 radical (unpaired) electrons. The molecule has 0 aromatic carbocycles. The summed E-state index contributed by atoms with van der Waals surface area (Å²) in [6.45, 7) is 0. The van der Waals surface area contributed by atoms with E-state index in [0.717, 1.165) is 5.03 Å². The van der Waals surface area contributed by atoms with Crippen molar-refractivity contribution in [3.8, 4) is 5.88 Å². The Kier molecular flexibility index (Phi) is 3.21. The number of methoxy groups -OCH3 is 1. The second-order valence-corrected chi connectivity index (χ2v) is 3.88. The van der Waals surface area contributed by atoms with Crippen molar-refractivity contribution in [2.75, 3.05) is 12.8 Å². The Morgan fingerprint density at radius 1 is 1.25 bits per heavy atom. The predicted octanol–water partition coefficient (Wildman–Crippen LogP) is 1.61. The number of nitrogens with two attached hydrogens (primary N) is 1. The molecule has 0 atom stereocenters. The van der Waals surface area contributed by atoms with Crippen LogP contribution in [0.3, 0.4) is 0 Å². The molecule has 0 fully saturated rings. The van der Waals surface area contributed by atoms with Crippen molar-refractivity contribution in [1.29, 1.82) is 0 Å². The minimum absolute atomic E-state index is 0.383. The van der Waals surface area contributed by atoms with Crippen LogP contribution >= 0.6 is 11.8 Å². The van der Waals surface area contributed by atoms with Crippen molar-refractivity contribution < 1.29 is 4.74 Å². The minimum atomic E-state index is 0.383. The average molecular weight is 234 g/mol. The van der Waals surface area contributed by atoms with Gasteiger partial charge < -0.3 is 10.5 Å². The van der Waals surface area contributed by atoms with Gasteiger partial charge in [-0.3, -0.25) is 0 Å². The summed E-state index contributed by atoms with van der Waals surface area (Å²) in [6.07, 6.45) is 3.14. The summed E-state index contributed by atoms with van der Waals surface area (Å²) in [4.78, 5) is 12.2. The van der Waals surface area contributed by atoms with Crippen molar-refractivity contribution in [2.24, 2.45) is 0 Å². The molecule has 2 aromatic rings. The zero-order valence-corrected chi connectivity index (χ0v) is 9.44. The molecular weight excluding hydrogens is 224 g/mol. The molecule has 0 saturated carbocycles. The molecule has 0 spiro atoms. The zero-order valence-electron chi connectivity index (χ0n) is 8.62. The number of ether oxygens (including phenoxy) is 1. The van der Waals surface area contributed by atoms with Crippen LogP contribution in [0.2, 0.25) is 0 Å². The summed E-state index contributed by atoms with van der Waals surface area (Å²) in [5.74, 6) is 0.383. The van der Waals surface area contributed by atoms with E-state index in [2.05, 4.69) is 15.0 Å². The summed E-state index contributed by atoms with van der Waals surface area (Å²) in [5.41, 5.74) is 6.27. The Labute approximate surface area is 97.1 Å². The van der Waals surface area contributed by atoms with Gasteiger partial charge in [0.2, 0.25) is 5.88 Å². The predicted molar refractivity (Wildman–Crippen MR) is 61.4 cm³/mol. The van der Waals surface area contributed by atoms with Crippen LogP contribution in [0.1, 0.15) is 0 Å². The molecule has 0 saturated heterocycles. The quantitative estimate of drug-likeness (QED) is 0.813. The van der Waals surface area contributed by atoms with Gasteiger partial charge in [0.05, 0.1) is 7.11 Å². The van der Waals surface area contributed by atoms with Gasteiger partial charge in [-0.1, -0.05) is 6.07 Å². The van der Waals surface area contributed by atoms with Crippen LogP contribution in [-0.2, 0) is 0 Å². The van der Waals surface area contributed by atoms with Gasteiger partial charge in [-0.05, 0) is 23.9 Å². The number of nitrogens with zero attached hydrogens (tertiary/aromatic N) is 3. The maximum atomic E-state index is 5.84. The van der Waals surface area contributed by atoms with E-state index in [4.69, 9.17) is 10.5 Å². The highest BCUT2D eigenvalue weighted by molar-refractivity contribution is 7.99. The lowest BCUT2D eigenvalue weighted by Gasteiger charge is -2.06. The second-order valence-electron chi connectivity index (χ2n) is 2.87. The van der Waals surface area contributed by atoms with Gasteiger partial charge in [-0.15, -0.1) is 0 Å². The fourth-order valence-corrected chi connectivity index (χ4v) is 1.87. The van der Waals surface area contributed by atoms with Gasteiger partial charge >= 0.3 is 0 Å². The van der Waals surface area contributed by atoms with Crippen LogP contribution < -0.4 is 10.5 Å². The first-order valence-corrected chi connectivity index (χ1v) is 5.36. The van der Waals surface area contributed by atoms with E-state index >= 15 is 0 Å². The van der Waals surface area contributed by atoms with E-state index in [9.17, 15) is 0 Å². The number of pyridine rings is 1. The van der Waals surface area contributed by atoms with Crippen molar-refractivity contribution >= 4 is 17.4 Å². The van der Waals surface area contributed by atoms with E-state index in [1.54, 1.807) is 6.20 Å². The molecular formula is C10H10N4OS. The highest BCUT2D eigenvalue weighted by atomic mass is 32.2. The second kappa shape index (κ2) is 4.80. The molecule has 0 amide bonds. The summed E-state index contributed by atoms with van der Waals surface area (Å²) in [6, 6.07) is 5.65.